The smallest absolute Gasteiger partial charge is 0.309 e. The van der Waals surface area contributed by atoms with E-state index in [4.69, 9.17) is 4.74 Å². The van der Waals surface area contributed by atoms with Gasteiger partial charge >= 0.3 is 5.97 Å². The van der Waals surface area contributed by atoms with E-state index in [0.717, 1.165) is 17.6 Å². The van der Waals surface area contributed by atoms with Crippen molar-refractivity contribution in [1.82, 2.24) is 9.29 Å². The highest BCUT2D eigenvalue weighted by Gasteiger charge is 2.30. The van der Waals surface area contributed by atoms with Gasteiger partial charge in [-0.15, -0.1) is 0 Å². The van der Waals surface area contributed by atoms with Crippen molar-refractivity contribution in [3.63, 3.8) is 0 Å². The second-order valence-corrected chi connectivity index (χ2v) is 7.94. The molecule has 1 fully saturated rings. The van der Waals surface area contributed by atoms with Crippen molar-refractivity contribution in [3.8, 4) is 0 Å². The molecule has 0 spiro atoms. The zero-order chi connectivity index (χ0) is 17.2. The highest BCUT2D eigenvalue weighted by molar-refractivity contribution is 7.88. The lowest BCUT2D eigenvalue weighted by Gasteiger charge is -2.28. The van der Waals surface area contributed by atoms with Gasteiger partial charge in [0.1, 0.15) is 0 Å². The molecular formula is C15H22N2O5S. The van der Waals surface area contributed by atoms with Crippen LogP contribution in [0.1, 0.15) is 34.6 Å². The molecule has 1 N–H and O–H groups in total. The Morgan fingerprint density at radius 2 is 1.91 bits per heavy atom. The van der Waals surface area contributed by atoms with Crippen LogP contribution in [0.25, 0.3) is 0 Å². The molecule has 0 bridgehead atoms. The number of carbonyl (C=O) groups excluding carboxylic acids is 2. The number of piperidine rings is 1. The van der Waals surface area contributed by atoms with Crippen molar-refractivity contribution in [2.24, 2.45) is 5.92 Å². The molecule has 0 aliphatic carbocycles. The number of carbonyl (C=O) groups is 2. The van der Waals surface area contributed by atoms with Gasteiger partial charge in [0, 0.05) is 30.0 Å². The van der Waals surface area contributed by atoms with Crippen LogP contribution in [0.3, 0.4) is 0 Å². The van der Waals surface area contributed by atoms with E-state index in [-0.39, 0.29) is 18.3 Å². The summed E-state index contributed by atoms with van der Waals surface area (Å²) in [5, 5.41) is 0. The van der Waals surface area contributed by atoms with Crippen LogP contribution in [-0.4, -0.2) is 55.4 Å². The summed E-state index contributed by atoms with van der Waals surface area (Å²) < 4.78 is 29.3. The number of ether oxygens (including phenoxy) is 1. The number of sulfonamides is 1. The molecule has 1 aliphatic heterocycles. The first-order chi connectivity index (χ1) is 10.7. The van der Waals surface area contributed by atoms with Crippen LogP contribution in [0.15, 0.2) is 6.07 Å². The van der Waals surface area contributed by atoms with Crippen molar-refractivity contribution in [3.05, 3.63) is 23.0 Å². The van der Waals surface area contributed by atoms with Gasteiger partial charge in [0.15, 0.2) is 6.61 Å². The van der Waals surface area contributed by atoms with Gasteiger partial charge in [0.25, 0.3) is 0 Å². The molecule has 0 atom stereocenters. The third-order valence-electron chi connectivity index (χ3n) is 4.05. The summed E-state index contributed by atoms with van der Waals surface area (Å²) >= 11 is 0. The fourth-order valence-electron chi connectivity index (χ4n) is 2.77. The van der Waals surface area contributed by atoms with Crippen molar-refractivity contribution >= 4 is 21.8 Å². The van der Waals surface area contributed by atoms with Gasteiger partial charge in [-0.2, -0.15) is 0 Å². The summed E-state index contributed by atoms with van der Waals surface area (Å²) in [6.45, 7) is 3.98. The van der Waals surface area contributed by atoms with E-state index < -0.39 is 16.0 Å². The first-order valence-corrected chi connectivity index (χ1v) is 9.34. The predicted molar refractivity (Wildman–Crippen MR) is 84.7 cm³/mol. The lowest BCUT2D eigenvalue weighted by atomic mass is 9.98. The van der Waals surface area contributed by atoms with Gasteiger partial charge in [0.05, 0.1) is 12.2 Å². The molecule has 0 radical (unpaired) electrons. The maximum atomic E-state index is 12.1. The fraction of sp³-hybridized carbons (Fsp3) is 0.600. The molecule has 128 valence electrons. The van der Waals surface area contributed by atoms with Crippen molar-refractivity contribution in [2.45, 2.75) is 26.7 Å². The molecule has 1 saturated heterocycles. The minimum atomic E-state index is -3.22. The SMILES string of the molecule is Cc1cc(C(=O)COC(=O)C2CCN(S(C)(=O)=O)CC2)c(C)[nH]1. The third-order valence-corrected chi connectivity index (χ3v) is 5.35. The van der Waals surface area contributed by atoms with Gasteiger partial charge in [-0.3, -0.25) is 9.59 Å². The van der Waals surface area contributed by atoms with Crippen molar-refractivity contribution in [1.29, 1.82) is 0 Å². The summed E-state index contributed by atoms with van der Waals surface area (Å²) in [7, 11) is -3.22. The van der Waals surface area contributed by atoms with Crippen LogP contribution in [0.4, 0.5) is 0 Å². The number of H-pyrrole nitrogens is 1. The Bertz CT molecular complexity index is 699. The summed E-state index contributed by atoms with van der Waals surface area (Å²) in [6, 6.07) is 1.73. The molecule has 1 aromatic heterocycles. The van der Waals surface area contributed by atoms with E-state index in [1.54, 1.807) is 13.0 Å². The number of aryl methyl sites for hydroxylation is 2. The van der Waals surface area contributed by atoms with E-state index in [2.05, 4.69) is 4.98 Å². The van der Waals surface area contributed by atoms with Crippen LogP contribution in [0, 0.1) is 19.8 Å². The Kier molecular flexibility index (Phi) is 5.26. The first-order valence-electron chi connectivity index (χ1n) is 7.49. The largest absolute Gasteiger partial charge is 0.457 e. The second kappa shape index (κ2) is 6.84. The van der Waals surface area contributed by atoms with Crippen LogP contribution in [0.5, 0.6) is 0 Å². The normalized spacial score (nSPS) is 17.2. The highest BCUT2D eigenvalue weighted by atomic mass is 32.2. The zero-order valence-corrected chi connectivity index (χ0v) is 14.4. The summed E-state index contributed by atoms with van der Waals surface area (Å²) in [6.07, 6.45) is 2.00. The summed E-state index contributed by atoms with van der Waals surface area (Å²) in [4.78, 5) is 27.1. The number of aromatic nitrogens is 1. The lowest BCUT2D eigenvalue weighted by molar-refractivity contribution is -0.148. The Balaban J connectivity index is 1.84. The molecule has 0 aromatic carbocycles. The number of rotatable bonds is 5. The molecule has 8 heteroatoms. The fourth-order valence-corrected chi connectivity index (χ4v) is 3.64. The van der Waals surface area contributed by atoms with Gasteiger partial charge in [-0.05, 0) is 32.8 Å². The van der Waals surface area contributed by atoms with E-state index in [1.165, 1.54) is 4.31 Å². The standard InChI is InChI=1S/C15H22N2O5S/c1-10-8-13(11(2)16-10)14(18)9-22-15(19)12-4-6-17(7-5-12)23(3,20)21/h8,12,16H,4-7,9H2,1-3H3. The predicted octanol–water partition coefficient (Wildman–Crippen LogP) is 1.03. The Morgan fingerprint density at radius 3 is 2.39 bits per heavy atom. The topological polar surface area (TPSA) is 96.5 Å². The summed E-state index contributed by atoms with van der Waals surface area (Å²) in [5.74, 6) is -1.03. The lowest BCUT2D eigenvalue weighted by Crippen LogP contribution is -2.40. The monoisotopic (exact) mass is 342 g/mol. The minimum absolute atomic E-state index is 0.242. The molecule has 7 nitrogen and oxygen atoms in total. The Morgan fingerprint density at radius 1 is 1.30 bits per heavy atom. The van der Waals surface area contributed by atoms with E-state index >= 15 is 0 Å². The van der Waals surface area contributed by atoms with Crippen LogP contribution >= 0.6 is 0 Å². The second-order valence-electron chi connectivity index (χ2n) is 5.96. The van der Waals surface area contributed by atoms with Gasteiger partial charge in [0.2, 0.25) is 15.8 Å². The molecule has 0 saturated carbocycles. The molecule has 23 heavy (non-hydrogen) atoms. The molecular weight excluding hydrogens is 320 g/mol. The van der Waals surface area contributed by atoms with E-state index in [0.29, 0.717) is 31.5 Å². The highest BCUT2D eigenvalue weighted by Crippen LogP contribution is 2.20. The van der Waals surface area contributed by atoms with Gasteiger partial charge in [-0.1, -0.05) is 0 Å². The number of ketones is 1. The number of hydrogen-bond acceptors (Lipinski definition) is 5. The summed E-state index contributed by atoms with van der Waals surface area (Å²) in [5.41, 5.74) is 2.16. The quantitative estimate of drug-likeness (QED) is 0.637. The van der Waals surface area contributed by atoms with Crippen molar-refractivity contribution < 1.29 is 22.7 Å². The average Bonchev–Trinajstić information content (AvgIpc) is 2.82. The molecule has 2 rings (SSSR count). The van der Waals surface area contributed by atoms with Crippen LogP contribution in [-0.2, 0) is 19.6 Å². The Hall–Kier alpha value is -1.67. The Labute approximate surface area is 136 Å². The van der Waals surface area contributed by atoms with E-state index in [1.807, 2.05) is 6.92 Å². The molecule has 0 unspecified atom stereocenters. The third kappa shape index (κ3) is 4.42. The zero-order valence-electron chi connectivity index (χ0n) is 13.6. The van der Waals surface area contributed by atoms with Crippen LogP contribution < -0.4 is 0 Å². The molecule has 0 amide bonds. The number of Topliss-reactive ketones (excluding diaryl/α,β-unsaturated/α-hetero) is 1. The number of esters is 1. The molecule has 1 aliphatic rings. The van der Waals surface area contributed by atoms with Crippen molar-refractivity contribution in [2.75, 3.05) is 26.0 Å². The van der Waals surface area contributed by atoms with Gasteiger partial charge in [-0.25, -0.2) is 12.7 Å². The number of nitrogens with zero attached hydrogens (tertiary/aromatic N) is 1. The minimum Gasteiger partial charge on any atom is -0.457 e. The maximum Gasteiger partial charge on any atom is 0.309 e. The maximum absolute atomic E-state index is 12.1. The van der Waals surface area contributed by atoms with Gasteiger partial charge < -0.3 is 9.72 Å². The van der Waals surface area contributed by atoms with Crippen LogP contribution in [0.2, 0.25) is 0 Å². The average molecular weight is 342 g/mol. The number of nitrogens with one attached hydrogen (secondary N) is 1. The van der Waals surface area contributed by atoms with E-state index in [9.17, 15) is 18.0 Å². The number of aromatic amines is 1. The number of hydrogen-bond donors (Lipinski definition) is 1. The molecule has 1 aromatic rings. The molecule has 2 heterocycles. The first kappa shape index (κ1) is 17.7.